The van der Waals surface area contributed by atoms with Crippen molar-refractivity contribution in [2.24, 2.45) is 34.5 Å². The largest absolute Gasteiger partial charge is 0.481 e. The molecule has 2 N–H and O–H groups in total. The third-order valence-electron chi connectivity index (χ3n) is 10.1. The summed E-state index contributed by atoms with van der Waals surface area (Å²) >= 11 is 0. The molecule has 0 aromatic carbocycles. The van der Waals surface area contributed by atoms with Gasteiger partial charge < -0.3 is 14.9 Å². The molecular formula is C28H42O7. The predicted octanol–water partition coefficient (Wildman–Crippen LogP) is 5.74. The van der Waals surface area contributed by atoms with E-state index < -0.39 is 46.5 Å². The molecule has 0 saturated heterocycles. The highest BCUT2D eigenvalue weighted by Gasteiger charge is 2.60. The van der Waals surface area contributed by atoms with Gasteiger partial charge in [0.15, 0.2) is 0 Å². The van der Waals surface area contributed by atoms with Gasteiger partial charge in [0.05, 0.1) is 22.7 Å². The summed E-state index contributed by atoms with van der Waals surface area (Å²) in [5.41, 5.74) is -2.39. The number of esters is 2. The SMILES string of the molecule is O=C(O)C1CCCCC1(C(=O)OC(=O)C1(C2CCCCC2)CCCCC1C(=O)O)C1CCCCC1. The molecule has 4 saturated carbocycles. The summed E-state index contributed by atoms with van der Waals surface area (Å²) in [5.74, 6) is -5.27. The van der Waals surface area contributed by atoms with E-state index in [0.29, 0.717) is 25.7 Å². The van der Waals surface area contributed by atoms with Crippen LogP contribution in [0.3, 0.4) is 0 Å². The van der Waals surface area contributed by atoms with Crippen molar-refractivity contribution in [3.63, 3.8) is 0 Å². The Bertz CT molecular complexity index is 744. The van der Waals surface area contributed by atoms with Crippen LogP contribution in [-0.4, -0.2) is 34.1 Å². The van der Waals surface area contributed by atoms with Crippen molar-refractivity contribution in [3.8, 4) is 0 Å². The van der Waals surface area contributed by atoms with E-state index in [1.54, 1.807) is 0 Å². The highest BCUT2D eigenvalue weighted by Crippen LogP contribution is 2.55. The van der Waals surface area contributed by atoms with Crippen molar-refractivity contribution < 1.29 is 34.1 Å². The summed E-state index contributed by atoms with van der Waals surface area (Å²) in [4.78, 5) is 52.8. The third-order valence-corrected chi connectivity index (χ3v) is 10.1. The minimum absolute atomic E-state index is 0.106. The second kappa shape index (κ2) is 11.0. The second-order valence-electron chi connectivity index (χ2n) is 11.7. The van der Waals surface area contributed by atoms with E-state index in [-0.39, 0.29) is 11.8 Å². The van der Waals surface area contributed by atoms with Crippen LogP contribution in [0.25, 0.3) is 0 Å². The van der Waals surface area contributed by atoms with Crippen molar-refractivity contribution >= 4 is 23.9 Å². The molecule has 4 rings (SSSR count). The molecule has 0 spiro atoms. The molecule has 4 atom stereocenters. The van der Waals surface area contributed by atoms with E-state index in [4.69, 9.17) is 4.74 Å². The number of hydrogen-bond donors (Lipinski definition) is 2. The first-order valence-electron chi connectivity index (χ1n) is 14.1. The maximum Gasteiger partial charge on any atom is 0.320 e. The van der Waals surface area contributed by atoms with E-state index in [1.807, 2.05) is 0 Å². The van der Waals surface area contributed by atoms with Crippen LogP contribution in [0, 0.1) is 34.5 Å². The fourth-order valence-electron chi connectivity index (χ4n) is 8.39. The van der Waals surface area contributed by atoms with Gasteiger partial charge in [-0.1, -0.05) is 64.2 Å². The van der Waals surface area contributed by atoms with Gasteiger partial charge in [-0.3, -0.25) is 19.2 Å². The fourth-order valence-corrected chi connectivity index (χ4v) is 8.39. The number of carboxylic acid groups (broad SMARTS) is 2. The number of rotatable bonds is 6. The third kappa shape index (κ3) is 4.76. The Morgan fingerprint density at radius 1 is 0.514 bits per heavy atom. The summed E-state index contributed by atoms with van der Waals surface area (Å²) < 4.78 is 5.80. The molecule has 4 fully saturated rings. The molecule has 4 aliphatic carbocycles. The summed E-state index contributed by atoms with van der Waals surface area (Å²) in [5, 5.41) is 20.3. The Kier molecular flexibility index (Phi) is 8.22. The number of ether oxygens (including phenoxy) is 1. The van der Waals surface area contributed by atoms with Gasteiger partial charge >= 0.3 is 23.9 Å². The normalized spacial score (nSPS) is 35.2. The molecule has 0 aliphatic heterocycles. The number of carbonyl (C=O) groups is 4. The lowest BCUT2D eigenvalue weighted by atomic mass is 9.55. The summed E-state index contributed by atoms with van der Waals surface area (Å²) in [7, 11) is 0. The average Bonchev–Trinajstić information content (AvgIpc) is 2.89. The number of aliphatic carboxylic acids is 2. The molecular weight excluding hydrogens is 448 g/mol. The molecule has 35 heavy (non-hydrogen) atoms. The molecule has 0 radical (unpaired) electrons. The molecule has 0 aromatic heterocycles. The van der Waals surface area contributed by atoms with Crippen LogP contribution in [0.5, 0.6) is 0 Å². The Balaban J connectivity index is 1.69. The Morgan fingerprint density at radius 2 is 0.857 bits per heavy atom. The van der Waals surface area contributed by atoms with E-state index in [1.165, 1.54) is 0 Å². The lowest BCUT2D eigenvalue weighted by Crippen LogP contribution is -2.55. The first kappa shape index (κ1) is 26.2. The minimum atomic E-state index is -1.19. The van der Waals surface area contributed by atoms with Crippen LogP contribution in [0.1, 0.15) is 116 Å². The predicted molar refractivity (Wildman–Crippen MR) is 128 cm³/mol. The van der Waals surface area contributed by atoms with E-state index in [9.17, 15) is 29.4 Å². The minimum Gasteiger partial charge on any atom is -0.481 e. The Morgan fingerprint density at radius 3 is 1.20 bits per heavy atom. The summed E-state index contributed by atoms with van der Waals surface area (Å²) in [6, 6.07) is 0. The van der Waals surface area contributed by atoms with Gasteiger partial charge in [0, 0.05) is 0 Å². The Hall–Kier alpha value is -1.92. The Labute approximate surface area is 208 Å². The van der Waals surface area contributed by atoms with Gasteiger partial charge in [-0.15, -0.1) is 0 Å². The zero-order valence-electron chi connectivity index (χ0n) is 21.0. The molecule has 4 unspecified atom stereocenters. The van der Waals surface area contributed by atoms with Crippen LogP contribution >= 0.6 is 0 Å². The van der Waals surface area contributed by atoms with Crippen molar-refractivity contribution in [3.05, 3.63) is 0 Å². The van der Waals surface area contributed by atoms with Gasteiger partial charge in [-0.2, -0.15) is 0 Å². The van der Waals surface area contributed by atoms with Crippen LogP contribution in [-0.2, 0) is 23.9 Å². The van der Waals surface area contributed by atoms with E-state index in [0.717, 1.165) is 89.9 Å². The average molecular weight is 491 g/mol. The zero-order valence-corrected chi connectivity index (χ0v) is 21.0. The summed E-state index contributed by atoms with van der Waals surface area (Å²) in [6.07, 6.45) is 13.7. The standard InChI is InChI=1S/C28H42O7/c29-23(30)21-15-7-9-17-27(21,19-11-3-1-4-12-19)25(33)35-26(34)28(20-13-5-2-6-14-20)18-10-8-16-22(28)24(31)32/h19-22H,1-18H2,(H,29,30)(H,31,32). The fraction of sp³-hybridized carbons (Fsp3) is 0.857. The molecule has 4 aliphatic rings. The van der Waals surface area contributed by atoms with E-state index in [2.05, 4.69) is 0 Å². The number of carboxylic acids is 2. The molecule has 0 heterocycles. The van der Waals surface area contributed by atoms with Crippen molar-refractivity contribution in [2.45, 2.75) is 116 Å². The molecule has 7 heteroatoms. The summed E-state index contributed by atoms with van der Waals surface area (Å²) in [6.45, 7) is 0. The van der Waals surface area contributed by atoms with Gasteiger partial charge in [-0.05, 0) is 63.2 Å². The van der Waals surface area contributed by atoms with Crippen LogP contribution in [0.4, 0.5) is 0 Å². The second-order valence-corrected chi connectivity index (χ2v) is 11.7. The first-order chi connectivity index (χ1) is 16.8. The number of hydrogen-bond acceptors (Lipinski definition) is 5. The highest BCUT2D eigenvalue weighted by molar-refractivity contribution is 5.96. The van der Waals surface area contributed by atoms with Crippen LogP contribution < -0.4 is 0 Å². The van der Waals surface area contributed by atoms with Gasteiger partial charge in [0.25, 0.3) is 0 Å². The van der Waals surface area contributed by atoms with E-state index >= 15 is 0 Å². The lowest BCUT2D eigenvalue weighted by Gasteiger charge is -2.49. The van der Waals surface area contributed by atoms with Gasteiger partial charge in [0.2, 0.25) is 0 Å². The van der Waals surface area contributed by atoms with Crippen molar-refractivity contribution in [2.75, 3.05) is 0 Å². The highest BCUT2D eigenvalue weighted by atomic mass is 16.6. The van der Waals surface area contributed by atoms with Gasteiger partial charge in [0.1, 0.15) is 0 Å². The molecule has 0 bridgehead atoms. The van der Waals surface area contributed by atoms with Crippen molar-refractivity contribution in [1.29, 1.82) is 0 Å². The first-order valence-corrected chi connectivity index (χ1v) is 14.1. The topological polar surface area (TPSA) is 118 Å². The smallest absolute Gasteiger partial charge is 0.320 e. The maximum atomic E-state index is 14.0. The lowest BCUT2D eigenvalue weighted by molar-refractivity contribution is -0.195. The van der Waals surface area contributed by atoms with Crippen molar-refractivity contribution in [1.82, 2.24) is 0 Å². The zero-order chi connectivity index (χ0) is 25.1. The molecule has 7 nitrogen and oxygen atoms in total. The quantitative estimate of drug-likeness (QED) is 0.360. The molecule has 0 amide bonds. The van der Waals surface area contributed by atoms with Crippen LogP contribution in [0.2, 0.25) is 0 Å². The van der Waals surface area contributed by atoms with Gasteiger partial charge in [-0.25, -0.2) is 0 Å². The maximum absolute atomic E-state index is 14.0. The number of carbonyl (C=O) groups excluding carboxylic acids is 2. The van der Waals surface area contributed by atoms with Crippen LogP contribution in [0.15, 0.2) is 0 Å². The molecule has 0 aromatic rings. The monoisotopic (exact) mass is 490 g/mol. The molecule has 196 valence electrons.